The number of ether oxygens (including phenoxy) is 1. The van der Waals surface area contributed by atoms with Crippen molar-refractivity contribution in [2.45, 2.75) is 58.5 Å². The SMILES string of the molecule is CCc1cc(OCc2ccsc2-c2cccc(-n3ncc(C(=O)O)c3C)n2)ccc1C1CCN(C(=O)C2CC2)CC1. The lowest BCUT2D eigenvalue weighted by atomic mass is 9.85. The molecule has 0 bridgehead atoms. The highest BCUT2D eigenvalue weighted by Crippen LogP contribution is 2.37. The van der Waals surface area contributed by atoms with Crippen molar-refractivity contribution in [3.63, 3.8) is 0 Å². The average molecular weight is 571 g/mol. The third-order valence-electron chi connectivity index (χ3n) is 8.23. The van der Waals surface area contributed by atoms with Gasteiger partial charge in [0.1, 0.15) is 17.9 Å². The van der Waals surface area contributed by atoms with E-state index in [1.54, 1.807) is 22.9 Å². The standard InChI is InChI=1S/C32H34N4O4S/c1-3-21-17-25(9-10-26(21)22-11-14-35(15-12-22)31(37)23-7-8-23)40-19-24-13-16-41-30(24)28-5-4-6-29(34-28)36-20(2)27(18-33-36)32(38)39/h4-6,9-10,13,16-18,22-23H,3,7-8,11-12,14-15,19H2,1-2H3,(H,38,39). The van der Waals surface area contributed by atoms with Gasteiger partial charge in [-0.3, -0.25) is 4.79 Å². The van der Waals surface area contributed by atoms with Gasteiger partial charge in [-0.1, -0.05) is 19.1 Å². The molecule has 41 heavy (non-hydrogen) atoms. The van der Waals surface area contributed by atoms with E-state index in [1.165, 1.54) is 17.3 Å². The van der Waals surface area contributed by atoms with Gasteiger partial charge in [0.25, 0.3) is 0 Å². The second kappa shape index (κ2) is 11.5. The van der Waals surface area contributed by atoms with Crippen molar-refractivity contribution in [2.75, 3.05) is 13.1 Å². The van der Waals surface area contributed by atoms with Gasteiger partial charge >= 0.3 is 5.97 Å². The lowest BCUT2D eigenvalue weighted by Gasteiger charge is -2.33. The van der Waals surface area contributed by atoms with E-state index < -0.39 is 5.97 Å². The summed E-state index contributed by atoms with van der Waals surface area (Å²) in [5.74, 6) is 1.55. The molecule has 1 aliphatic heterocycles. The van der Waals surface area contributed by atoms with Crippen molar-refractivity contribution in [3.05, 3.63) is 82.0 Å². The van der Waals surface area contributed by atoms with E-state index in [0.717, 1.165) is 67.1 Å². The Morgan fingerprint density at radius 1 is 1.07 bits per heavy atom. The number of pyridine rings is 1. The van der Waals surface area contributed by atoms with Gasteiger partial charge in [-0.25, -0.2) is 14.5 Å². The van der Waals surface area contributed by atoms with Gasteiger partial charge in [-0.05, 0) is 91.8 Å². The molecule has 3 aromatic heterocycles. The number of hydrogen-bond donors (Lipinski definition) is 1. The van der Waals surface area contributed by atoms with Crippen LogP contribution in [0.5, 0.6) is 5.75 Å². The minimum Gasteiger partial charge on any atom is -0.489 e. The molecule has 6 rings (SSSR count). The summed E-state index contributed by atoms with van der Waals surface area (Å²) in [4.78, 5) is 31.8. The average Bonchev–Trinajstić information content (AvgIpc) is 3.61. The highest BCUT2D eigenvalue weighted by molar-refractivity contribution is 7.13. The molecule has 1 saturated carbocycles. The zero-order valence-corrected chi connectivity index (χ0v) is 24.2. The number of hydrogen-bond acceptors (Lipinski definition) is 6. The van der Waals surface area contributed by atoms with Crippen molar-refractivity contribution in [3.8, 4) is 22.1 Å². The predicted molar refractivity (Wildman–Crippen MR) is 158 cm³/mol. The van der Waals surface area contributed by atoms with Crippen LogP contribution in [0, 0.1) is 12.8 Å². The number of carbonyl (C=O) groups excluding carboxylic acids is 1. The number of aryl methyl sites for hydroxylation is 1. The fourth-order valence-electron chi connectivity index (χ4n) is 5.73. The van der Waals surface area contributed by atoms with E-state index in [0.29, 0.717) is 35.9 Å². The van der Waals surface area contributed by atoms with Crippen LogP contribution in [0.3, 0.4) is 0 Å². The molecule has 0 radical (unpaired) electrons. The first-order valence-electron chi connectivity index (χ1n) is 14.3. The van der Waals surface area contributed by atoms with Gasteiger partial charge < -0.3 is 14.7 Å². The van der Waals surface area contributed by atoms with E-state index in [-0.39, 0.29) is 5.56 Å². The van der Waals surface area contributed by atoms with E-state index in [1.807, 2.05) is 23.6 Å². The highest BCUT2D eigenvalue weighted by atomic mass is 32.1. The van der Waals surface area contributed by atoms with Crippen LogP contribution >= 0.6 is 11.3 Å². The van der Waals surface area contributed by atoms with Crippen LogP contribution in [0.1, 0.15) is 71.3 Å². The van der Waals surface area contributed by atoms with Crippen LogP contribution in [0.25, 0.3) is 16.4 Å². The normalized spacial score (nSPS) is 15.7. The van der Waals surface area contributed by atoms with Crippen LogP contribution in [-0.2, 0) is 17.8 Å². The van der Waals surface area contributed by atoms with Crippen LogP contribution in [0.2, 0.25) is 0 Å². The summed E-state index contributed by atoms with van der Waals surface area (Å²) < 4.78 is 7.84. The van der Waals surface area contributed by atoms with Crippen LogP contribution in [0.4, 0.5) is 0 Å². The molecule has 2 fully saturated rings. The zero-order valence-electron chi connectivity index (χ0n) is 23.4. The zero-order chi connectivity index (χ0) is 28.5. The molecular weight excluding hydrogens is 536 g/mol. The Hall–Kier alpha value is -3.98. The van der Waals surface area contributed by atoms with E-state index in [2.05, 4.69) is 41.2 Å². The van der Waals surface area contributed by atoms with Crippen LogP contribution < -0.4 is 4.74 Å². The lowest BCUT2D eigenvalue weighted by molar-refractivity contribution is -0.133. The van der Waals surface area contributed by atoms with Crippen molar-refractivity contribution in [2.24, 2.45) is 5.92 Å². The molecule has 1 saturated heterocycles. The highest BCUT2D eigenvalue weighted by Gasteiger charge is 2.35. The number of aromatic nitrogens is 3. The number of nitrogens with zero attached hydrogens (tertiary/aromatic N) is 4. The van der Waals surface area contributed by atoms with E-state index >= 15 is 0 Å². The fourth-order valence-corrected chi connectivity index (χ4v) is 6.61. The number of aromatic carboxylic acids is 1. The summed E-state index contributed by atoms with van der Waals surface area (Å²) in [7, 11) is 0. The monoisotopic (exact) mass is 570 g/mol. The van der Waals surface area contributed by atoms with Gasteiger partial charge in [-0.15, -0.1) is 11.3 Å². The lowest BCUT2D eigenvalue weighted by Crippen LogP contribution is -2.38. The quantitative estimate of drug-likeness (QED) is 0.255. The summed E-state index contributed by atoms with van der Waals surface area (Å²) in [5, 5.41) is 15.7. The van der Waals surface area contributed by atoms with Gasteiger partial charge in [0.05, 0.1) is 22.5 Å². The molecule has 1 amide bonds. The summed E-state index contributed by atoms with van der Waals surface area (Å²) in [6.07, 6.45) is 6.46. The number of likely N-dealkylation sites (tertiary alicyclic amines) is 1. The molecule has 0 unspecified atom stereocenters. The number of carboxylic acid groups (broad SMARTS) is 1. The molecule has 9 heteroatoms. The Balaban J connectivity index is 1.14. The molecule has 1 aromatic carbocycles. The summed E-state index contributed by atoms with van der Waals surface area (Å²) in [6, 6.07) is 14.2. The van der Waals surface area contributed by atoms with E-state index in [4.69, 9.17) is 9.72 Å². The molecule has 4 aromatic rings. The van der Waals surface area contributed by atoms with Crippen molar-refractivity contribution < 1.29 is 19.4 Å². The molecule has 212 valence electrons. The number of piperidine rings is 1. The number of carbonyl (C=O) groups is 2. The number of carboxylic acids is 1. The molecular formula is C32H34N4O4S. The fraction of sp³-hybridized carbons (Fsp3) is 0.375. The third kappa shape index (κ3) is 5.63. The first-order chi connectivity index (χ1) is 19.9. The third-order valence-corrected chi connectivity index (χ3v) is 9.21. The molecule has 1 aliphatic carbocycles. The summed E-state index contributed by atoms with van der Waals surface area (Å²) in [6.45, 7) is 6.05. The minimum atomic E-state index is -1.01. The van der Waals surface area contributed by atoms with Crippen LogP contribution in [0.15, 0.2) is 54.0 Å². The number of rotatable bonds is 9. The number of thiophene rings is 1. The van der Waals surface area contributed by atoms with Crippen molar-refractivity contribution in [1.82, 2.24) is 19.7 Å². The van der Waals surface area contributed by atoms with Gasteiger partial charge in [0, 0.05) is 24.6 Å². The second-order valence-corrected chi connectivity index (χ2v) is 11.8. The van der Waals surface area contributed by atoms with Crippen molar-refractivity contribution in [1.29, 1.82) is 0 Å². The molecule has 8 nitrogen and oxygen atoms in total. The second-order valence-electron chi connectivity index (χ2n) is 10.9. The molecule has 4 heterocycles. The molecule has 2 aliphatic rings. The molecule has 0 atom stereocenters. The maximum atomic E-state index is 12.5. The molecule has 1 N–H and O–H groups in total. The smallest absolute Gasteiger partial charge is 0.339 e. The first-order valence-corrected chi connectivity index (χ1v) is 15.2. The van der Waals surface area contributed by atoms with Crippen LogP contribution in [-0.4, -0.2) is 49.7 Å². The Bertz CT molecular complexity index is 1580. The summed E-state index contributed by atoms with van der Waals surface area (Å²) >= 11 is 1.60. The Kier molecular flexibility index (Phi) is 7.62. The van der Waals surface area contributed by atoms with Crippen molar-refractivity contribution >= 4 is 23.2 Å². The Labute approximate surface area is 243 Å². The topological polar surface area (TPSA) is 97.6 Å². The molecule has 0 spiro atoms. The largest absolute Gasteiger partial charge is 0.489 e. The summed E-state index contributed by atoms with van der Waals surface area (Å²) in [5.41, 5.74) is 5.22. The maximum Gasteiger partial charge on any atom is 0.339 e. The maximum absolute atomic E-state index is 12.5. The first kappa shape index (κ1) is 27.2. The van der Waals surface area contributed by atoms with Gasteiger partial charge in [0.15, 0.2) is 5.82 Å². The Morgan fingerprint density at radius 3 is 2.59 bits per heavy atom. The predicted octanol–water partition coefficient (Wildman–Crippen LogP) is 6.26. The minimum absolute atomic E-state index is 0.161. The number of amides is 1. The number of benzene rings is 1. The Morgan fingerprint density at radius 2 is 1.88 bits per heavy atom. The van der Waals surface area contributed by atoms with Gasteiger partial charge in [-0.2, -0.15) is 5.10 Å². The van der Waals surface area contributed by atoms with Gasteiger partial charge in [0.2, 0.25) is 5.91 Å². The van der Waals surface area contributed by atoms with E-state index in [9.17, 15) is 14.7 Å².